The first-order valence-corrected chi connectivity index (χ1v) is 6.95. The zero-order chi connectivity index (χ0) is 15.0. The van der Waals surface area contributed by atoms with Gasteiger partial charge >= 0.3 is 5.97 Å². The highest BCUT2D eigenvalue weighted by Crippen LogP contribution is 2.07. The Hall–Kier alpha value is -1.49. The van der Waals surface area contributed by atoms with Crippen molar-refractivity contribution >= 4 is 5.97 Å². The molecule has 0 aromatic heterocycles. The van der Waals surface area contributed by atoms with Crippen LogP contribution >= 0.6 is 0 Å². The van der Waals surface area contributed by atoms with Crippen LogP contribution in [0.2, 0.25) is 0 Å². The first kappa shape index (κ1) is 16.6. The molecule has 0 radical (unpaired) electrons. The largest absolute Gasteiger partial charge is 0.447 e. The van der Waals surface area contributed by atoms with Crippen LogP contribution < -0.4 is 0 Å². The number of rotatable bonds is 2. The lowest BCUT2D eigenvalue weighted by Gasteiger charge is -2.30. The molecule has 1 heterocycles. The molecule has 0 spiro atoms. The van der Waals surface area contributed by atoms with Gasteiger partial charge < -0.3 is 9.64 Å². The number of esters is 1. The summed E-state index contributed by atoms with van der Waals surface area (Å²) in [6, 6.07) is 0. The van der Waals surface area contributed by atoms with Gasteiger partial charge in [0, 0.05) is 33.1 Å². The summed E-state index contributed by atoms with van der Waals surface area (Å²) in [6.07, 6.45) is 0.512. The van der Waals surface area contributed by atoms with Crippen LogP contribution in [-0.2, 0) is 9.53 Å². The molecule has 1 aliphatic heterocycles. The molecular weight excluding hydrogens is 252 g/mol. The Morgan fingerprint density at radius 3 is 2.40 bits per heavy atom. The number of hydrogen-bond donors (Lipinski definition) is 0. The van der Waals surface area contributed by atoms with E-state index in [9.17, 15) is 4.79 Å². The highest BCUT2D eigenvalue weighted by atomic mass is 16.6. The molecule has 0 aliphatic carbocycles. The Morgan fingerprint density at radius 1 is 1.15 bits per heavy atom. The Bertz CT molecular complexity index is 441. The summed E-state index contributed by atoms with van der Waals surface area (Å²) >= 11 is 0. The number of ether oxygens (including phenoxy) is 1. The summed E-state index contributed by atoms with van der Waals surface area (Å²) in [5, 5.41) is 0. The van der Waals surface area contributed by atoms with Gasteiger partial charge in [-0.15, -0.1) is 0 Å². The van der Waals surface area contributed by atoms with Crippen molar-refractivity contribution < 1.29 is 9.53 Å². The second-order valence-corrected chi connectivity index (χ2v) is 5.52. The highest BCUT2D eigenvalue weighted by molar-refractivity contribution is 5.66. The van der Waals surface area contributed by atoms with E-state index >= 15 is 0 Å². The lowest BCUT2D eigenvalue weighted by Crippen LogP contribution is -2.44. The summed E-state index contributed by atoms with van der Waals surface area (Å²) in [5.41, 5.74) is -0.731. The predicted octanol–water partition coefficient (Wildman–Crippen LogP) is 0.972. The average Bonchev–Trinajstić information content (AvgIpc) is 2.34. The molecule has 4 nitrogen and oxygen atoms in total. The van der Waals surface area contributed by atoms with Gasteiger partial charge in [0.25, 0.3) is 0 Å². The molecule has 0 atom stereocenters. The van der Waals surface area contributed by atoms with E-state index in [0.29, 0.717) is 6.42 Å². The Kier molecular flexibility index (Phi) is 6.58. The van der Waals surface area contributed by atoms with E-state index in [1.807, 2.05) is 0 Å². The van der Waals surface area contributed by atoms with Crippen LogP contribution in [0.25, 0.3) is 0 Å². The summed E-state index contributed by atoms with van der Waals surface area (Å²) in [7, 11) is 2.14. The van der Waals surface area contributed by atoms with E-state index in [1.165, 1.54) is 6.92 Å². The van der Waals surface area contributed by atoms with Crippen LogP contribution in [0, 0.1) is 23.7 Å². The normalized spacial score (nSPS) is 16.6. The fraction of sp³-hybridized carbons (Fsp3) is 0.688. The smallest absolute Gasteiger partial charge is 0.304 e. The van der Waals surface area contributed by atoms with Gasteiger partial charge in [0.05, 0.1) is 13.0 Å². The minimum Gasteiger partial charge on any atom is -0.447 e. The number of hydrogen-bond acceptors (Lipinski definition) is 4. The molecule has 1 saturated heterocycles. The van der Waals surface area contributed by atoms with Crippen molar-refractivity contribution in [2.24, 2.45) is 0 Å². The van der Waals surface area contributed by atoms with Crippen LogP contribution in [-0.4, -0.2) is 61.1 Å². The van der Waals surface area contributed by atoms with Crippen LogP contribution in [0.5, 0.6) is 0 Å². The van der Waals surface area contributed by atoms with Gasteiger partial charge in [0.2, 0.25) is 0 Å². The molecule has 20 heavy (non-hydrogen) atoms. The summed E-state index contributed by atoms with van der Waals surface area (Å²) in [4.78, 5) is 15.5. The SMILES string of the molecule is CC(=O)OC(C)(C)C#CCC#CCN1CCN(C)CC1. The monoisotopic (exact) mass is 276 g/mol. The van der Waals surface area contributed by atoms with E-state index < -0.39 is 5.60 Å². The molecule has 110 valence electrons. The van der Waals surface area contributed by atoms with Crippen LogP contribution in [0.3, 0.4) is 0 Å². The van der Waals surface area contributed by atoms with Gasteiger partial charge in [0.1, 0.15) is 0 Å². The Balaban J connectivity index is 2.28. The lowest BCUT2D eigenvalue weighted by atomic mass is 10.1. The van der Waals surface area contributed by atoms with Gasteiger partial charge in [-0.05, 0) is 20.9 Å². The summed E-state index contributed by atoms with van der Waals surface area (Å²) in [5.74, 6) is 11.7. The first-order valence-electron chi connectivity index (χ1n) is 6.95. The molecule has 0 N–H and O–H groups in total. The van der Waals surface area contributed by atoms with Crippen molar-refractivity contribution in [2.45, 2.75) is 32.8 Å². The van der Waals surface area contributed by atoms with Crippen LogP contribution in [0.15, 0.2) is 0 Å². The molecule has 0 bridgehead atoms. The van der Waals surface area contributed by atoms with Crippen molar-refractivity contribution in [3.63, 3.8) is 0 Å². The molecule has 0 aromatic carbocycles. The van der Waals surface area contributed by atoms with Crippen molar-refractivity contribution in [1.82, 2.24) is 9.80 Å². The van der Waals surface area contributed by atoms with Gasteiger partial charge in [-0.3, -0.25) is 9.69 Å². The standard InChI is InChI=1S/C16H24N2O2/c1-15(19)20-16(2,3)9-7-5-6-8-10-18-13-11-17(4)12-14-18/h5,10-14H2,1-4H3. The van der Waals surface area contributed by atoms with E-state index in [2.05, 4.69) is 40.5 Å². The molecular formula is C16H24N2O2. The zero-order valence-corrected chi connectivity index (χ0v) is 13.0. The average molecular weight is 276 g/mol. The van der Waals surface area contributed by atoms with Gasteiger partial charge in [-0.2, -0.15) is 0 Å². The number of likely N-dealkylation sites (N-methyl/N-ethyl adjacent to an activating group) is 1. The van der Waals surface area contributed by atoms with E-state index in [1.54, 1.807) is 13.8 Å². The predicted molar refractivity (Wildman–Crippen MR) is 80.0 cm³/mol. The Morgan fingerprint density at radius 2 is 1.80 bits per heavy atom. The van der Waals surface area contributed by atoms with E-state index in [4.69, 9.17) is 4.74 Å². The molecule has 0 amide bonds. The van der Waals surface area contributed by atoms with Crippen LogP contribution in [0.1, 0.15) is 27.2 Å². The maximum absolute atomic E-state index is 10.9. The van der Waals surface area contributed by atoms with Gasteiger partial charge in [-0.1, -0.05) is 23.7 Å². The molecule has 0 aromatic rings. The minimum absolute atomic E-state index is 0.314. The lowest BCUT2D eigenvalue weighted by molar-refractivity contribution is -0.148. The molecule has 1 aliphatic rings. The maximum Gasteiger partial charge on any atom is 0.304 e. The van der Waals surface area contributed by atoms with Crippen molar-refractivity contribution in [2.75, 3.05) is 39.8 Å². The van der Waals surface area contributed by atoms with Gasteiger partial charge in [0.15, 0.2) is 5.60 Å². The quantitative estimate of drug-likeness (QED) is 0.556. The summed E-state index contributed by atoms with van der Waals surface area (Å²) in [6.45, 7) is 10.1. The molecule has 0 unspecified atom stereocenters. The second kappa shape index (κ2) is 7.94. The van der Waals surface area contributed by atoms with Crippen molar-refractivity contribution in [3.05, 3.63) is 0 Å². The fourth-order valence-corrected chi connectivity index (χ4v) is 1.92. The Labute approximate surface area is 122 Å². The van der Waals surface area contributed by atoms with Crippen molar-refractivity contribution in [3.8, 4) is 23.7 Å². The molecule has 0 saturated carbocycles. The summed E-state index contributed by atoms with van der Waals surface area (Å²) < 4.78 is 5.08. The maximum atomic E-state index is 10.9. The number of nitrogens with zero attached hydrogens (tertiary/aromatic N) is 2. The number of piperazine rings is 1. The minimum atomic E-state index is -0.731. The number of carbonyl (C=O) groups excluding carboxylic acids is 1. The van der Waals surface area contributed by atoms with Gasteiger partial charge in [-0.25, -0.2) is 0 Å². The topological polar surface area (TPSA) is 32.8 Å². The number of carbonyl (C=O) groups is 1. The van der Waals surface area contributed by atoms with E-state index in [0.717, 1.165) is 32.7 Å². The van der Waals surface area contributed by atoms with E-state index in [-0.39, 0.29) is 5.97 Å². The fourth-order valence-electron chi connectivity index (χ4n) is 1.92. The molecule has 1 fully saturated rings. The third-order valence-corrected chi connectivity index (χ3v) is 2.99. The second-order valence-electron chi connectivity index (χ2n) is 5.52. The highest BCUT2D eigenvalue weighted by Gasteiger charge is 2.16. The van der Waals surface area contributed by atoms with Crippen LogP contribution in [0.4, 0.5) is 0 Å². The molecule has 1 rings (SSSR count). The third kappa shape index (κ3) is 7.19. The molecule has 4 heteroatoms. The first-order chi connectivity index (χ1) is 9.39. The zero-order valence-electron chi connectivity index (χ0n) is 13.0. The van der Waals surface area contributed by atoms with Crippen molar-refractivity contribution in [1.29, 1.82) is 0 Å². The third-order valence-electron chi connectivity index (χ3n) is 2.99.